The van der Waals surface area contributed by atoms with E-state index in [1.165, 1.54) is 0 Å². The lowest BCUT2D eigenvalue weighted by molar-refractivity contribution is 0.824. The smallest absolute Gasteiger partial charge is 0.232 e. The topological polar surface area (TPSA) is 82.2 Å². The summed E-state index contributed by atoms with van der Waals surface area (Å²) >= 11 is 17.2. The van der Waals surface area contributed by atoms with Crippen LogP contribution < -0.4 is 5.32 Å². The fraction of sp³-hybridized carbons (Fsp3) is 0. The minimum atomic E-state index is 0. The van der Waals surface area contributed by atoms with Crippen molar-refractivity contribution in [3.8, 4) is 0 Å². The van der Waals surface area contributed by atoms with E-state index in [9.17, 15) is 0 Å². The van der Waals surface area contributed by atoms with Crippen molar-refractivity contribution < 1.29 is 5.48 Å². The molecule has 0 fully saturated rings. The first-order valence-corrected chi connectivity index (χ1v) is 5.37. The van der Waals surface area contributed by atoms with Crippen molar-refractivity contribution in [2.24, 2.45) is 0 Å². The highest BCUT2D eigenvalue weighted by Gasteiger charge is 2.05. The van der Waals surface area contributed by atoms with Crippen LogP contribution in [-0.4, -0.2) is 20.4 Å². The lowest BCUT2D eigenvalue weighted by atomic mass is 10.3. The van der Waals surface area contributed by atoms with E-state index in [4.69, 9.17) is 34.8 Å². The van der Waals surface area contributed by atoms with Crippen molar-refractivity contribution in [2.75, 3.05) is 5.32 Å². The second kappa shape index (κ2) is 5.97. The summed E-state index contributed by atoms with van der Waals surface area (Å²) in [6.45, 7) is 0. The Bertz CT molecular complexity index is 503. The molecule has 0 aliphatic rings. The van der Waals surface area contributed by atoms with Crippen LogP contribution in [0.5, 0.6) is 0 Å². The number of anilines is 2. The molecule has 1 aromatic carbocycles. The Balaban J connectivity index is 0.00000144. The van der Waals surface area contributed by atoms with Crippen molar-refractivity contribution in [3.63, 3.8) is 0 Å². The molecule has 0 spiro atoms. The largest absolute Gasteiger partial charge is 0.412 e. The molecule has 0 amide bonds. The predicted octanol–water partition coefficient (Wildman–Crippen LogP) is 2.75. The van der Waals surface area contributed by atoms with Crippen molar-refractivity contribution in [2.45, 2.75) is 0 Å². The van der Waals surface area contributed by atoms with Gasteiger partial charge in [-0.15, -0.1) is 0 Å². The van der Waals surface area contributed by atoms with Crippen LogP contribution in [0, 0.1) is 0 Å². The molecule has 8 heteroatoms. The molecule has 0 bridgehead atoms. The molecular formula is C9H7Cl3N4O. The number of halogens is 3. The summed E-state index contributed by atoms with van der Waals surface area (Å²) in [7, 11) is 0. The third kappa shape index (κ3) is 3.67. The zero-order chi connectivity index (χ0) is 11.5. The van der Waals surface area contributed by atoms with Gasteiger partial charge in [-0.05, 0) is 35.3 Å². The minimum Gasteiger partial charge on any atom is -0.412 e. The lowest BCUT2D eigenvalue weighted by Gasteiger charge is -2.06. The summed E-state index contributed by atoms with van der Waals surface area (Å²) in [5.41, 5.74) is 0.669. The number of aromatic nitrogens is 3. The van der Waals surface area contributed by atoms with Gasteiger partial charge in [0.25, 0.3) is 0 Å². The predicted molar refractivity (Wildman–Crippen MR) is 68.2 cm³/mol. The molecule has 0 aliphatic carbocycles. The second-order valence-electron chi connectivity index (χ2n) is 2.80. The third-order valence-corrected chi connectivity index (χ3v) is 2.37. The Labute approximate surface area is 112 Å². The van der Waals surface area contributed by atoms with Gasteiger partial charge in [-0.3, -0.25) is 0 Å². The van der Waals surface area contributed by atoms with Gasteiger partial charge in [0, 0.05) is 0 Å². The lowest BCUT2D eigenvalue weighted by Crippen LogP contribution is -1.99. The summed E-state index contributed by atoms with van der Waals surface area (Å²) in [6.07, 6.45) is 0. The number of benzene rings is 1. The normalized spacial score (nSPS) is 9.59. The molecule has 0 unspecified atom stereocenters. The van der Waals surface area contributed by atoms with E-state index < -0.39 is 0 Å². The molecule has 0 aliphatic heterocycles. The van der Waals surface area contributed by atoms with Gasteiger partial charge in [0.1, 0.15) is 0 Å². The van der Waals surface area contributed by atoms with E-state index in [0.717, 1.165) is 0 Å². The van der Waals surface area contributed by atoms with E-state index in [1.807, 2.05) is 12.1 Å². The van der Waals surface area contributed by atoms with Crippen LogP contribution in [-0.2, 0) is 0 Å². The van der Waals surface area contributed by atoms with Gasteiger partial charge in [0.2, 0.25) is 16.5 Å². The average Bonchev–Trinajstić information content (AvgIpc) is 2.20. The summed E-state index contributed by atoms with van der Waals surface area (Å²) in [6, 6.07) is 7.18. The van der Waals surface area contributed by atoms with E-state index in [0.29, 0.717) is 10.7 Å². The number of nitrogens with zero attached hydrogens (tertiary/aromatic N) is 3. The summed E-state index contributed by atoms with van der Waals surface area (Å²) in [4.78, 5) is 11.4. The number of nitrogens with one attached hydrogen (secondary N) is 1. The molecule has 5 nitrogen and oxygen atoms in total. The quantitative estimate of drug-likeness (QED) is 0.923. The standard InChI is InChI=1S/C9H5Cl3N4.H2O/c10-5-3-1-2-4-6(5)13-9-15-7(11)14-8(12)16-9;/h1-4H,(H,13,14,15,16);1H2. The summed E-state index contributed by atoms with van der Waals surface area (Å²) in [5.74, 6) is 0.248. The van der Waals surface area contributed by atoms with E-state index in [1.54, 1.807) is 12.1 Å². The SMILES string of the molecule is Clc1nc(Cl)nc(Nc2ccccc2Cl)n1.O. The van der Waals surface area contributed by atoms with Gasteiger partial charge in [0.15, 0.2) is 0 Å². The van der Waals surface area contributed by atoms with E-state index in [2.05, 4.69) is 20.3 Å². The van der Waals surface area contributed by atoms with Crippen LogP contribution in [0.3, 0.4) is 0 Å². The molecule has 0 saturated carbocycles. The average molecular weight is 294 g/mol. The van der Waals surface area contributed by atoms with E-state index >= 15 is 0 Å². The van der Waals surface area contributed by atoms with Crippen LogP contribution in [0.4, 0.5) is 11.6 Å². The van der Waals surface area contributed by atoms with Gasteiger partial charge in [0.05, 0.1) is 10.7 Å². The molecule has 90 valence electrons. The number of hydrogen-bond acceptors (Lipinski definition) is 4. The molecule has 0 radical (unpaired) electrons. The fourth-order valence-electron chi connectivity index (χ4n) is 1.06. The maximum absolute atomic E-state index is 5.95. The van der Waals surface area contributed by atoms with Crippen LogP contribution in [0.2, 0.25) is 15.6 Å². The molecule has 2 aromatic rings. The van der Waals surface area contributed by atoms with Gasteiger partial charge in [-0.1, -0.05) is 23.7 Å². The highest BCUT2D eigenvalue weighted by molar-refractivity contribution is 6.33. The Morgan fingerprint density at radius 1 is 0.882 bits per heavy atom. The highest BCUT2D eigenvalue weighted by atomic mass is 35.5. The summed E-state index contributed by atoms with van der Waals surface area (Å²) in [5, 5.41) is 3.49. The van der Waals surface area contributed by atoms with Gasteiger partial charge >= 0.3 is 0 Å². The van der Waals surface area contributed by atoms with Crippen molar-refractivity contribution in [1.82, 2.24) is 15.0 Å². The van der Waals surface area contributed by atoms with Crippen LogP contribution in [0.25, 0.3) is 0 Å². The molecule has 1 aromatic heterocycles. The Kier molecular flexibility index (Phi) is 4.89. The fourth-order valence-corrected chi connectivity index (χ4v) is 1.61. The molecular weight excluding hydrogens is 286 g/mol. The van der Waals surface area contributed by atoms with Crippen molar-refractivity contribution >= 4 is 46.4 Å². The van der Waals surface area contributed by atoms with Crippen molar-refractivity contribution in [3.05, 3.63) is 39.9 Å². The molecule has 3 N–H and O–H groups in total. The van der Waals surface area contributed by atoms with Crippen LogP contribution >= 0.6 is 34.8 Å². The molecule has 0 atom stereocenters. The first-order valence-electron chi connectivity index (χ1n) is 4.24. The molecule has 2 rings (SSSR count). The van der Waals surface area contributed by atoms with Gasteiger partial charge in [-0.2, -0.15) is 15.0 Å². The van der Waals surface area contributed by atoms with E-state index in [-0.39, 0.29) is 22.0 Å². The van der Waals surface area contributed by atoms with Gasteiger partial charge < -0.3 is 10.8 Å². The van der Waals surface area contributed by atoms with Crippen molar-refractivity contribution in [1.29, 1.82) is 0 Å². The maximum Gasteiger partial charge on any atom is 0.232 e. The Hall–Kier alpha value is -1.14. The van der Waals surface area contributed by atoms with Crippen LogP contribution in [0.1, 0.15) is 0 Å². The highest BCUT2D eigenvalue weighted by Crippen LogP contribution is 2.23. The Morgan fingerprint density at radius 2 is 1.47 bits per heavy atom. The number of hydrogen-bond donors (Lipinski definition) is 1. The first-order chi connectivity index (χ1) is 7.65. The molecule has 17 heavy (non-hydrogen) atoms. The first kappa shape index (κ1) is 13.9. The number of para-hydroxylation sites is 1. The minimum absolute atomic E-state index is 0. The third-order valence-electron chi connectivity index (χ3n) is 1.70. The summed E-state index contributed by atoms with van der Waals surface area (Å²) < 4.78 is 0. The monoisotopic (exact) mass is 292 g/mol. The zero-order valence-electron chi connectivity index (χ0n) is 8.28. The van der Waals surface area contributed by atoms with Crippen LogP contribution in [0.15, 0.2) is 24.3 Å². The zero-order valence-corrected chi connectivity index (χ0v) is 10.6. The van der Waals surface area contributed by atoms with Gasteiger partial charge in [-0.25, -0.2) is 0 Å². The molecule has 0 saturated heterocycles. The number of rotatable bonds is 2. The maximum atomic E-state index is 5.95. The molecule has 1 heterocycles. The second-order valence-corrected chi connectivity index (χ2v) is 3.89. The Morgan fingerprint density at radius 3 is 2.06 bits per heavy atom.